The van der Waals surface area contributed by atoms with Crippen LogP contribution in [0.2, 0.25) is 0 Å². The Morgan fingerprint density at radius 3 is 2.36 bits per heavy atom. The molecule has 0 fully saturated rings. The van der Waals surface area contributed by atoms with Crippen LogP contribution in [0, 0.1) is 0 Å². The van der Waals surface area contributed by atoms with Crippen LogP contribution < -0.4 is 5.32 Å². The molecule has 0 aliphatic heterocycles. The molecule has 0 aliphatic carbocycles. The number of para-hydroxylation sites is 1. The van der Waals surface area contributed by atoms with Crippen LogP contribution in [0.5, 0.6) is 0 Å². The Bertz CT molecular complexity index is 1340. The maximum Gasteiger partial charge on any atom is 0.256 e. The Balaban J connectivity index is 1.58. The molecule has 136 valence electrons. The zero-order valence-electron chi connectivity index (χ0n) is 15.6. The molecule has 1 heterocycles. The van der Waals surface area contributed by atoms with Crippen molar-refractivity contribution in [1.29, 1.82) is 0 Å². The number of anilines is 1. The second kappa shape index (κ2) is 6.54. The average Bonchev–Trinajstić information content (AvgIpc) is 3.06. The quantitative estimate of drug-likeness (QED) is 0.405. The van der Waals surface area contributed by atoms with E-state index in [1.807, 2.05) is 48.5 Å². The van der Waals surface area contributed by atoms with Crippen LogP contribution in [0.15, 0.2) is 84.9 Å². The molecule has 0 bridgehead atoms. The van der Waals surface area contributed by atoms with E-state index in [1.165, 1.54) is 16.4 Å². The van der Waals surface area contributed by atoms with Crippen molar-refractivity contribution >= 4 is 44.2 Å². The van der Waals surface area contributed by atoms with E-state index in [2.05, 4.69) is 53.2 Å². The zero-order valence-corrected chi connectivity index (χ0v) is 15.6. The van der Waals surface area contributed by atoms with Gasteiger partial charge in [0.2, 0.25) is 0 Å². The van der Waals surface area contributed by atoms with Gasteiger partial charge in [0.05, 0.1) is 0 Å². The van der Waals surface area contributed by atoms with Crippen LogP contribution in [0.25, 0.3) is 32.6 Å². The third-order valence-electron chi connectivity index (χ3n) is 5.38. The van der Waals surface area contributed by atoms with Gasteiger partial charge in [0.25, 0.3) is 5.91 Å². The van der Waals surface area contributed by atoms with Crippen molar-refractivity contribution in [2.75, 3.05) is 5.32 Å². The molecule has 28 heavy (non-hydrogen) atoms. The Kier molecular flexibility index (Phi) is 3.87. The number of rotatable bonds is 3. The second-order valence-electron chi connectivity index (χ2n) is 6.97. The average molecular weight is 364 g/mol. The van der Waals surface area contributed by atoms with E-state index in [0.717, 1.165) is 28.4 Å². The van der Waals surface area contributed by atoms with E-state index in [9.17, 15) is 4.79 Å². The van der Waals surface area contributed by atoms with Crippen molar-refractivity contribution in [3.63, 3.8) is 0 Å². The van der Waals surface area contributed by atoms with Gasteiger partial charge in [-0.2, -0.15) is 0 Å². The molecule has 0 radical (unpaired) electrons. The summed E-state index contributed by atoms with van der Waals surface area (Å²) in [6.07, 6.45) is 0. The van der Waals surface area contributed by atoms with Gasteiger partial charge in [-0.3, -0.25) is 4.79 Å². The fraction of sp³-hybridized carbons (Fsp3) is 0.0800. The Labute approximate surface area is 163 Å². The van der Waals surface area contributed by atoms with E-state index in [1.54, 1.807) is 0 Å². The minimum atomic E-state index is -0.0876. The fourth-order valence-electron chi connectivity index (χ4n) is 4.09. The second-order valence-corrected chi connectivity index (χ2v) is 6.97. The fourth-order valence-corrected chi connectivity index (χ4v) is 4.09. The van der Waals surface area contributed by atoms with Crippen molar-refractivity contribution < 1.29 is 4.79 Å². The van der Waals surface area contributed by atoms with Crippen molar-refractivity contribution in [2.24, 2.45) is 0 Å². The number of nitrogens with one attached hydrogen (secondary N) is 1. The topological polar surface area (TPSA) is 34.0 Å². The number of fused-ring (bicyclic) bond motifs is 4. The largest absolute Gasteiger partial charge is 0.341 e. The summed E-state index contributed by atoms with van der Waals surface area (Å²) in [7, 11) is 0. The summed E-state index contributed by atoms with van der Waals surface area (Å²) in [6, 6.07) is 28.4. The maximum atomic E-state index is 13.0. The molecule has 0 unspecified atom stereocenters. The molecule has 1 amide bonds. The third kappa shape index (κ3) is 2.55. The standard InChI is InChI=1S/C25H20N2O/c1-2-27-23-13-6-5-11-20(23)22-16-18(14-15-24(22)27)26-25(28)21-12-7-9-17-8-3-4-10-19(17)21/h3-16H,2H2,1H3,(H,26,28). The SMILES string of the molecule is CCn1c2ccccc2c2cc(NC(=O)c3cccc4ccccc34)ccc21. The van der Waals surface area contributed by atoms with Crippen molar-refractivity contribution in [3.05, 3.63) is 90.5 Å². The molecule has 0 saturated carbocycles. The highest BCUT2D eigenvalue weighted by Gasteiger charge is 2.13. The van der Waals surface area contributed by atoms with Gasteiger partial charge in [-0.05, 0) is 48.0 Å². The molecule has 3 heteroatoms. The molecule has 0 aliphatic rings. The first-order valence-corrected chi connectivity index (χ1v) is 9.56. The lowest BCUT2D eigenvalue weighted by Crippen LogP contribution is -2.12. The number of aromatic nitrogens is 1. The smallest absolute Gasteiger partial charge is 0.256 e. The van der Waals surface area contributed by atoms with E-state index in [-0.39, 0.29) is 5.91 Å². The van der Waals surface area contributed by atoms with E-state index < -0.39 is 0 Å². The van der Waals surface area contributed by atoms with Crippen molar-refractivity contribution in [3.8, 4) is 0 Å². The summed E-state index contributed by atoms with van der Waals surface area (Å²) in [5, 5.41) is 7.49. The molecule has 5 rings (SSSR count). The minimum absolute atomic E-state index is 0.0876. The predicted molar refractivity (Wildman–Crippen MR) is 117 cm³/mol. The number of carbonyl (C=O) groups is 1. The highest BCUT2D eigenvalue weighted by Crippen LogP contribution is 2.31. The summed E-state index contributed by atoms with van der Waals surface area (Å²) in [6.45, 7) is 3.06. The number of aryl methyl sites for hydroxylation is 1. The van der Waals surface area contributed by atoms with Gasteiger partial charge in [-0.1, -0.05) is 54.6 Å². The van der Waals surface area contributed by atoms with Crippen LogP contribution in [0.1, 0.15) is 17.3 Å². The molecule has 0 saturated heterocycles. The molecule has 0 spiro atoms. The lowest BCUT2D eigenvalue weighted by atomic mass is 10.0. The number of carbonyl (C=O) groups excluding carboxylic acids is 1. The highest BCUT2D eigenvalue weighted by atomic mass is 16.1. The third-order valence-corrected chi connectivity index (χ3v) is 5.38. The maximum absolute atomic E-state index is 13.0. The first-order chi connectivity index (χ1) is 13.8. The number of benzene rings is 4. The van der Waals surface area contributed by atoms with Gasteiger partial charge in [-0.25, -0.2) is 0 Å². The molecule has 3 nitrogen and oxygen atoms in total. The molecule has 5 aromatic rings. The van der Waals surface area contributed by atoms with Gasteiger partial charge < -0.3 is 9.88 Å². The summed E-state index contributed by atoms with van der Waals surface area (Å²) >= 11 is 0. The van der Waals surface area contributed by atoms with Gasteiger partial charge in [-0.15, -0.1) is 0 Å². The van der Waals surface area contributed by atoms with Gasteiger partial charge in [0, 0.05) is 39.6 Å². The Morgan fingerprint density at radius 2 is 1.50 bits per heavy atom. The van der Waals surface area contributed by atoms with Crippen molar-refractivity contribution in [1.82, 2.24) is 4.57 Å². The molecule has 0 atom stereocenters. The van der Waals surface area contributed by atoms with Crippen molar-refractivity contribution in [2.45, 2.75) is 13.5 Å². The number of nitrogens with zero attached hydrogens (tertiary/aromatic N) is 1. The van der Waals surface area contributed by atoms with E-state index >= 15 is 0 Å². The van der Waals surface area contributed by atoms with Crippen LogP contribution in [-0.4, -0.2) is 10.5 Å². The van der Waals surface area contributed by atoms with Crippen LogP contribution in [-0.2, 0) is 6.54 Å². The normalized spacial score (nSPS) is 11.3. The van der Waals surface area contributed by atoms with E-state index in [4.69, 9.17) is 0 Å². The van der Waals surface area contributed by atoms with Gasteiger partial charge in [0.1, 0.15) is 0 Å². The monoisotopic (exact) mass is 364 g/mol. The number of hydrogen-bond acceptors (Lipinski definition) is 1. The van der Waals surface area contributed by atoms with Crippen LogP contribution in [0.4, 0.5) is 5.69 Å². The lowest BCUT2D eigenvalue weighted by molar-refractivity contribution is 0.102. The summed E-state index contributed by atoms with van der Waals surface area (Å²) in [4.78, 5) is 13.0. The number of amides is 1. The first kappa shape index (κ1) is 16.6. The predicted octanol–water partition coefficient (Wildman–Crippen LogP) is 6.22. The van der Waals surface area contributed by atoms with Gasteiger partial charge in [0.15, 0.2) is 0 Å². The first-order valence-electron chi connectivity index (χ1n) is 9.56. The van der Waals surface area contributed by atoms with Crippen LogP contribution >= 0.6 is 0 Å². The number of hydrogen-bond donors (Lipinski definition) is 1. The summed E-state index contributed by atoms with van der Waals surface area (Å²) in [5.41, 5.74) is 3.91. The van der Waals surface area contributed by atoms with E-state index in [0.29, 0.717) is 5.56 Å². The Morgan fingerprint density at radius 1 is 0.786 bits per heavy atom. The molecular weight excluding hydrogens is 344 g/mol. The Hall–Kier alpha value is -3.59. The minimum Gasteiger partial charge on any atom is -0.341 e. The van der Waals surface area contributed by atoms with Gasteiger partial charge >= 0.3 is 0 Å². The summed E-state index contributed by atoms with van der Waals surface area (Å²) < 4.78 is 2.31. The molecular formula is C25H20N2O. The zero-order chi connectivity index (χ0) is 19.1. The highest BCUT2D eigenvalue weighted by molar-refractivity contribution is 6.14. The molecule has 1 N–H and O–H groups in total. The lowest BCUT2D eigenvalue weighted by Gasteiger charge is -2.09. The summed E-state index contributed by atoms with van der Waals surface area (Å²) in [5.74, 6) is -0.0876. The molecule has 1 aromatic heterocycles. The molecule has 4 aromatic carbocycles. The van der Waals surface area contributed by atoms with Crippen LogP contribution in [0.3, 0.4) is 0 Å².